The molecule has 2 aliphatic carbocycles. The number of phenols is 3. The molecule has 5 aromatic rings. The van der Waals surface area contributed by atoms with E-state index in [0.29, 0.717) is 13.1 Å². The largest absolute Gasteiger partial charge is 0.507 e. The lowest BCUT2D eigenvalue weighted by molar-refractivity contribution is -0.332. The van der Waals surface area contributed by atoms with Gasteiger partial charge in [-0.25, -0.2) is 4.79 Å². The number of hydrogen-bond donors (Lipinski definition) is 25. The number of phenolic OH excluding ortho intramolecular Hbond substituents is 3. The summed E-state index contributed by atoms with van der Waals surface area (Å²) in [7, 11) is 1.47. The summed E-state index contributed by atoms with van der Waals surface area (Å²) in [6, 6.07) is -1.91. The van der Waals surface area contributed by atoms with Crippen LogP contribution in [0.1, 0.15) is 162 Å². The molecule has 0 spiro atoms. The van der Waals surface area contributed by atoms with E-state index in [1.165, 1.54) is 51.3 Å². The minimum atomic E-state index is -2.40. The molecule has 24 atom stereocenters. The Labute approximate surface area is 751 Å². The van der Waals surface area contributed by atoms with Crippen molar-refractivity contribution in [2.75, 3.05) is 53.0 Å². The van der Waals surface area contributed by atoms with Crippen molar-refractivity contribution in [2.24, 2.45) is 23.5 Å². The van der Waals surface area contributed by atoms with E-state index >= 15 is 24.0 Å². The van der Waals surface area contributed by atoms with Crippen LogP contribution in [0.2, 0.25) is 10.0 Å². The summed E-state index contributed by atoms with van der Waals surface area (Å²) in [5, 5.41) is 187. The van der Waals surface area contributed by atoms with Crippen LogP contribution in [-0.4, -0.2) is 275 Å². The minimum Gasteiger partial charge on any atom is -0.507 e. The zero-order chi connectivity index (χ0) is 93.3. The first-order chi connectivity index (χ1) is 61.5. The molecule has 7 unspecified atom stereocenters. The number of carboxylic acid groups (broad SMARTS) is 1. The van der Waals surface area contributed by atoms with E-state index in [1.807, 2.05) is 20.8 Å². The SMILES string of the molecule is CCCCCCCCCCNCCNC12C[C@H](O[C@@H]3C(O)C(O)[C@@H](CO)O[C@H]3Oc3c4cc5cc3Oc3ccc(cc3Cl)[C@@H](O)[C@@H](NC(=O)[C@@H](CC(C)C)NC)C(=O)NC(CC(N)=O)C(=O)N[C@H]5C(=O)N[C@@H]3C(=O)N[C@H](C(=O)N[C@H](C(=O)O)c5cc(O)c(CNCCO[C@@H]6OC(CO)[C@H](O)[C@H](O)C6O)c(O)c5-c5cc3ccc5O)[C@H](O)c3ccc(c(Cl)c3)O4)C1[C@@H](C)[C@@H]2O. The monoisotopic (exact) mass is 1850 g/mol. The zero-order valence-electron chi connectivity index (χ0n) is 71.4. The van der Waals surface area contributed by atoms with Crippen molar-refractivity contribution >= 4 is 70.5 Å². The van der Waals surface area contributed by atoms with E-state index in [1.54, 1.807) is 0 Å². The number of carboxylic acids is 1. The third kappa shape index (κ3) is 21.8. The summed E-state index contributed by atoms with van der Waals surface area (Å²) in [5.74, 6) is -17.4. The number of nitrogens with one attached hydrogen (secondary N) is 10. The highest BCUT2D eigenvalue weighted by Crippen LogP contribution is 2.60. The van der Waals surface area contributed by atoms with Crippen LogP contribution in [0.3, 0.4) is 0 Å². The van der Waals surface area contributed by atoms with Crippen molar-refractivity contribution < 1.29 is 143 Å². The number of likely N-dealkylation sites (N-methyl/N-ethyl adjacent to an activating group) is 1. The molecule has 14 rings (SSSR count). The van der Waals surface area contributed by atoms with Gasteiger partial charge in [-0.1, -0.05) is 114 Å². The van der Waals surface area contributed by atoms with Gasteiger partial charge < -0.3 is 164 Å². The molecule has 2 saturated heterocycles. The van der Waals surface area contributed by atoms with E-state index in [-0.39, 0.29) is 53.8 Å². The molecule has 2 saturated carbocycles. The molecule has 7 amide bonds. The molecule has 0 radical (unpaired) electrons. The van der Waals surface area contributed by atoms with E-state index in [2.05, 4.69) is 60.1 Å². The minimum absolute atomic E-state index is 0.121. The van der Waals surface area contributed by atoms with Gasteiger partial charge in [-0.15, -0.1) is 0 Å². The van der Waals surface area contributed by atoms with Crippen molar-refractivity contribution in [3.05, 3.63) is 116 Å². The van der Waals surface area contributed by atoms with Crippen LogP contribution in [-0.2, 0) is 63.8 Å². The van der Waals surface area contributed by atoms with Crippen LogP contribution in [0.4, 0.5) is 0 Å². The van der Waals surface area contributed by atoms with Gasteiger partial charge in [0.25, 0.3) is 0 Å². The van der Waals surface area contributed by atoms with E-state index < -0.39 is 298 Å². The number of aliphatic hydroxyl groups excluding tert-OH is 10. The highest BCUT2D eigenvalue weighted by atomic mass is 35.5. The third-order valence-corrected chi connectivity index (χ3v) is 25.4. The molecule has 0 aromatic heterocycles. The molecule has 11 bridgehead atoms. The number of benzene rings is 5. The number of amides is 7. The predicted molar refractivity (Wildman–Crippen MR) is 456 cm³/mol. The van der Waals surface area contributed by atoms with Gasteiger partial charge in [-0.05, 0) is 122 Å². The fourth-order valence-corrected chi connectivity index (χ4v) is 18.2. The van der Waals surface area contributed by atoms with Gasteiger partial charge in [-0.3, -0.25) is 33.6 Å². The number of nitrogens with two attached hydrogens (primary N) is 1. The Morgan fingerprint density at radius 2 is 1.23 bits per heavy atom. The lowest BCUT2D eigenvalue weighted by Gasteiger charge is -2.69. The second kappa shape index (κ2) is 43.3. The Morgan fingerprint density at radius 3 is 1.85 bits per heavy atom. The molecule has 42 heteroatoms. The first-order valence-electron chi connectivity index (χ1n) is 43.1. The van der Waals surface area contributed by atoms with Crippen molar-refractivity contribution in [2.45, 2.75) is 239 Å². The van der Waals surface area contributed by atoms with Crippen LogP contribution in [0.5, 0.6) is 46.0 Å². The number of carbonyl (C=O) groups is 8. The highest BCUT2D eigenvalue weighted by Gasteiger charge is 2.71. The lowest BCUT2D eigenvalue weighted by Crippen LogP contribution is -2.84. The van der Waals surface area contributed by atoms with Crippen LogP contribution in [0.25, 0.3) is 11.1 Å². The molecule has 9 aliphatic rings. The van der Waals surface area contributed by atoms with Crippen molar-refractivity contribution in [3.8, 4) is 57.1 Å². The van der Waals surface area contributed by atoms with Crippen molar-refractivity contribution in [3.63, 3.8) is 0 Å². The number of unbranched alkanes of at least 4 members (excludes halogenated alkanes) is 7. The fraction of sp³-hybridized carbons (Fsp3) is 0.563. The molecule has 7 heterocycles. The number of carbonyl (C=O) groups excluding carboxylic acids is 7. The van der Waals surface area contributed by atoms with Crippen LogP contribution in [0.15, 0.2) is 72.8 Å². The number of primary amides is 1. The molecular weight excluding hydrogens is 1730 g/mol. The Kier molecular flexibility index (Phi) is 33.0. The van der Waals surface area contributed by atoms with Gasteiger partial charge in [0, 0.05) is 48.8 Å². The molecule has 7 aliphatic heterocycles. The smallest absolute Gasteiger partial charge is 0.330 e. The van der Waals surface area contributed by atoms with E-state index in [4.69, 9.17) is 62.1 Å². The summed E-state index contributed by atoms with van der Waals surface area (Å²) in [6.07, 6.45) is -15.0. The summed E-state index contributed by atoms with van der Waals surface area (Å²) in [4.78, 5) is 120. The second-order valence-corrected chi connectivity index (χ2v) is 34.9. The highest BCUT2D eigenvalue weighted by molar-refractivity contribution is 6.32. The normalized spacial score (nSPS) is 30.0. The van der Waals surface area contributed by atoms with E-state index in [0.717, 1.165) is 86.5 Å². The maximum absolute atomic E-state index is 16.5. The first kappa shape index (κ1) is 98.6. The number of aliphatic hydroxyl groups is 10. The van der Waals surface area contributed by atoms with Crippen molar-refractivity contribution in [1.82, 2.24) is 53.2 Å². The molecule has 26 N–H and O–H groups in total. The standard InChI is InChI=1S/C87H115Cl2N11O29/c1-6-7-8-9-10-11-12-13-20-92-21-22-94-87-33-56(61(87)38(4)77(87)114)126-76-73(112)71(110)58(36-102)128-86(76)129-75-54-29-42-30-55(75)125-53-19-16-41(28-47(53)89)68(107)66-83(120)98-64(84(121)122)44-31-51(104)45(34-93-23-24-123-85-74(113)72(111)70(109)57(35-101)127-85)69(108)60(44)43-26-39(14-17-50(43)103)62(80(117)100-66)97-81(118)63(42)96-79(116)49(32-59(90)105)95-82(119)65(99-78(115)48(91-5)25-37(2)3)67(106)40-15-18-52(124-54)46(88)27-40/h14-19,26-31,37-38,48-49,56-58,61-68,70-74,76-77,85-86,91-94,101-104,106-114H,6-13,20-25,32-36H2,1-5H3,(H2,90,105)(H,95,119)(H,96,116)(H,97,118)(H,98,120)(H,99,115)(H,100,117)(H,121,122)/t38-,48-,49?,56+,57?,58-,61?,62+,63-,64+,65-,66+,67-,68-,70+,71?,72+,73?,74?,76-,77+,85-,86+,87?/m1/s1. The molecule has 129 heavy (non-hydrogen) atoms. The second-order valence-electron chi connectivity index (χ2n) is 34.1. The molecule has 4 fully saturated rings. The van der Waals surface area contributed by atoms with Gasteiger partial charge in [0.05, 0.1) is 65.6 Å². The molecule has 5 aromatic carbocycles. The third-order valence-electron chi connectivity index (χ3n) is 24.8. The quantitative estimate of drug-likeness (QED) is 0.0250. The number of fused-ring (bicyclic) bond motifs is 16. The van der Waals surface area contributed by atoms with Gasteiger partial charge >= 0.3 is 5.97 Å². The number of ether oxygens (including phenoxy) is 7. The van der Waals surface area contributed by atoms with Crippen LogP contribution < -0.4 is 73.1 Å². The number of aliphatic carboxylic acids is 1. The number of aromatic hydroxyl groups is 3. The summed E-state index contributed by atoms with van der Waals surface area (Å²) in [6.45, 7) is 6.59. The maximum Gasteiger partial charge on any atom is 0.330 e. The Balaban J connectivity index is 0.992. The maximum atomic E-state index is 16.5. The molecule has 706 valence electrons. The summed E-state index contributed by atoms with van der Waals surface area (Å²) < 4.78 is 44.6. The number of halogens is 2. The fourth-order valence-electron chi connectivity index (χ4n) is 17.7. The van der Waals surface area contributed by atoms with Crippen molar-refractivity contribution in [1.29, 1.82) is 0 Å². The Morgan fingerprint density at radius 1 is 0.628 bits per heavy atom. The van der Waals surface area contributed by atoms with Crippen LogP contribution in [0, 0.1) is 17.8 Å². The van der Waals surface area contributed by atoms with E-state index in [9.17, 15) is 85.9 Å². The first-order valence-corrected chi connectivity index (χ1v) is 43.9. The lowest BCUT2D eigenvalue weighted by atomic mass is 9.44. The zero-order valence-corrected chi connectivity index (χ0v) is 72.9. The number of rotatable bonds is 33. The van der Waals surface area contributed by atoms with Gasteiger partial charge in [0.1, 0.15) is 120 Å². The summed E-state index contributed by atoms with van der Waals surface area (Å²) in [5.41, 5.74) is 1.26. The Hall–Kier alpha value is -9.48. The average molecular weight is 1850 g/mol. The van der Waals surface area contributed by atoms with Gasteiger partial charge in [0.15, 0.2) is 23.8 Å². The Bertz CT molecular complexity index is 4870. The molecule has 40 nitrogen and oxygen atoms in total. The summed E-state index contributed by atoms with van der Waals surface area (Å²) >= 11 is 14.4. The number of hydrogen-bond acceptors (Lipinski definition) is 32. The van der Waals surface area contributed by atoms with Crippen LogP contribution >= 0.6 is 23.2 Å². The van der Waals surface area contributed by atoms with Gasteiger partial charge in [-0.2, -0.15) is 0 Å². The predicted octanol–water partition coefficient (Wildman–Crippen LogP) is 0.257. The average Bonchev–Trinajstić information content (AvgIpc) is 0.680. The topological polar surface area (TPSA) is 631 Å². The van der Waals surface area contributed by atoms with Gasteiger partial charge in [0.2, 0.25) is 53.4 Å². The molecular formula is C87H115Cl2N11O29.